The molecule has 3 aromatic rings. The lowest BCUT2D eigenvalue weighted by Crippen LogP contribution is -2.62. The molecular weight excluding hydrogens is 314 g/mol. The number of aromatic nitrogens is 2. The molecule has 1 aromatic heterocycles. The van der Waals surface area contributed by atoms with Crippen molar-refractivity contribution in [3.8, 4) is 11.4 Å². The SMILES string of the molecule is CCCc1ccc(-n2ncc3ccc(OCC4(O)CNC4)cc32)cc1. The summed E-state index contributed by atoms with van der Waals surface area (Å²) in [7, 11) is 0. The fourth-order valence-electron chi connectivity index (χ4n) is 3.12. The molecule has 1 fully saturated rings. The smallest absolute Gasteiger partial charge is 0.123 e. The van der Waals surface area contributed by atoms with Gasteiger partial charge in [-0.2, -0.15) is 5.10 Å². The molecule has 0 saturated carbocycles. The van der Waals surface area contributed by atoms with Crippen LogP contribution in [0.2, 0.25) is 0 Å². The van der Waals surface area contributed by atoms with E-state index in [2.05, 4.69) is 41.6 Å². The van der Waals surface area contributed by atoms with Crippen LogP contribution < -0.4 is 10.1 Å². The molecule has 0 unspecified atom stereocenters. The Morgan fingerprint density at radius 2 is 2.00 bits per heavy atom. The molecule has 25 heavy (non-hydrogen) atoms. The van der Waals surface area contributed by atoms with Crippen molar-refractivity contribution in [2.24, 2.45) is 0 Å². The molecule has 1 aliphatic rings. The highest BCUT2D eigenvalue weighted by atomic mass is 16.5. The molecule has 0 bridgehead atoms. The maximum Gasteiger partial charge on any atom is 0.123 e. The van der Waals surface area contributed by atoms with E-state index in [-0.39, 0.29) is 0 Å². The number of hydrogen-bond acceptors (Lipinski definition) is 4. The predicted octanol–water partition coefficient (Wildman–Crippen LogP) is 2.69. The van der Waals surface area contributed by atoms with Crippen LogP contribution in [0, 0.1) is 0 Å². The molecule has 0 amide bonds. The number of aliphatic hydroxyl groups is 1. The van der Waals surface area contributed by atoms with Crippen LogP contribution in [-0.4, -0.2) is 40.2 Å². The Hall–Kier alpha value is -2.37. The van der Waals surface area contributed by atoms with Crippen molar-refractivity contribution in [2.45, 2.75) is 25.4 Å². The van der Waals surface area contributed by atoms with Crippen molar-refractivity contribution in [3.63, 3.8) is 0 Å². The average molecular weight is 337 g/mol. The zero-order valence-electron chi connectivity index (χ0n) is 14.4. The monoisotopic (exact) mass is 337 g/mol. The van der Waals surface area contributed by atoms with Gasteiger partial charge in [-0.05, 0) is 36.2 Å². The highest BCUT2D eigenvalue weighted by Gasteiger charge is 2.35. The summed E-state index contributed by atoms with van der Waals surface area (Å²) in [6.07, 6.45) is 4.10. The first-order valence-electron chi connectivity index (χ1n) is 8.80. The van der Waals surface area contributed by atoms with E-state index in [1.165, 1.54) is 5.56 Å². The molecule has 130 valence electrons. The first-order valence-corrected chi connectivity index (χ1v) is 8.80. The minimum absolute atomic E-state index is 0.297. The van der Waals surface area contributed by atoms with E-state index in [1.807, 2.05) is 29.1 Å². The molecule has 0 spiro atoms. The van der Waals surface area contributed by atoms with E-state index >= 15 is 0 Å². The quantitative estimate of drug-likeness (QED) is 0.726. The number of fused-ring (bicyclic) bond motifs is 1. The van der Waals surface area contributed by atoms with Gasteiger partial charge in [0.1, 0.15) is 18.0 Å². The second-order valence-corrected chi connectivity index (χ2v) is 6.81. The van der Waals surface area contributed by atoms with Gasteiger partial charge in [-0.3, -0.25) is 0 Å². The van der Waals surface area contributed by atoms with Gasteiger partial charge in [-0.1, -0.05) is 25.5 Å². The van der Waals surface area contributed by atoms with Crippen molar-refractivity contribution >= 4 is 10.9 Å². The summed E-state index contributed by atoms with van der Waals surface area (Å²) in [6, 6.07) is 14.4. The lowest BCUT2D eigenvalue weighted by Gasteiger charge is -2.36. The van der Waals surface area contributed by atoms with Crippen molar-refractivity contribution in [3.05, 3.63) is 54.2 Å². The molecule has 0 atom stereocenters. The first-order chi connectivity index (χ1) is 12.2. The summed E-state index contributed by atoms with van der Waals surface area (Å²) in [5.41, 5.74) is 2.63. The molecule has 4 rings (SSSR count). The van der Waals surface area contributed by atoms with Gasteiger partial charge in [0.2, 0.25) is 0 Å². The fraction of sp³-hybridized carbons (Fsp3) is 0.350. The molecule has 2 heterocycles. The Balaban J connectivity index is 1.59. The van der Waals surface area contributed by atoms with Crippen LogP contribution in [0.1, 0.15) is 18.9 Å². The zero-order valence-corrected chi connectivity index (χ0v) is 14.4. The highest BCUT2D eigenvalue weighted by Crippen LogP contribution is 2.25. The largest absolute Gasteiger partial charge is 0.490 e. The van der Waals surface area contributed by atoms with Crippen LogP contribution in [0.5, 0.6) is 5.75 Å². The minimum Gasteiger partial charge on any atom is -0.490 e. The summed E-state index contributed by atoms with van der Waals surface area (Å²) < 4.78 is 7.73. The topological polar surface area (TPSA) is 59.3 Å². The lowest BCUT2D eigenvalue weighted by molar-refractivity contribution is -0.0456. The van der Waals surface area contributed by atoms with Gasteiger partial charge < -0.3 is 15.2 Å². The van der Waals surface area contributed by atoms with Crippen LogP contribution >= 0.6 is 0 Å². The zero-order chi connectivity index (χ0) is 17.3. The van der Waals surface area contributed by atoms with E-state index in [9.17, 15) is 5.11 Å². The van der Waals surface area contributed by atoms with E-state index in [0.717, 1.165) is 35.2 Å². The number of ether oxygens (including phenoxy) is 1. The molecule has 1 saturated heterocycles. The summed E-state index contributed by atoms with van der Waals surface area (Å²) in [6.45, 7) is 3.65. The molecule has 0 radical (unpaired) electrons. The third-order valence-electron chi connectivity index (χ3n) is 4.68. The Bertz CT molecular complexity index is 866. The molecule has 5 nitrogen and oxygen atoms in total. The van der Waals surface area contributed by atoms with Crippen molar-refractivity contribution in [1.82, 2.24) is 15.1 Å². The van der Waals surface area contributed by atoms with Crippen LogP contribution in [0.4, 0.5) is 0 Å². The van der Waals surface area contributed by atoms with Gasteiger partial charge in [0.25, 0.3) is 0 Å². The standard InChI is InChI=1S/C20H23N3O2/c1-2-3-15-4-7-17(8-5-15)23-19-10-18(9-6-16(19)11-22-23)25-14-20(24)12-21-13-20/h4-11,21,24H,2-3,12-14H2,1H3. The van der Waals surface area contributed by atoms with E-state index in [0.29, 0.717) is 19.7 Å². The second-order valence-electron chi connectivity index (χ2n) is 6.81. The Morgan fingerprint density at radius 1 is 1.20 bits per heavy atom. The van der Waals surface area contributed by atoms with Gasteiger partial charge in [-0.15, -0.1) is 0 Å². The first kappa shape index (κ1) is 16.1. The molecular formula is C20H23N3O2. The maximum atomic E-state index is 10.1. The van der Waals surface area contributed by atoms with Crippen LogP contribution in [-0.2, 0) is 6.42 Å². The normalized spacial score (nSPS) is 15.9. The molecule has 0 aliphatic carbocycles. The summed E-state index contributed by atoms with van der Waals surface area (Å²) >= 11 is 0. The lowest BCUT2D eigenvalue weighted by atomic mass is 9.99. The third-order valence-corrected chi connectivity index (χ3v) is 4.68. The van der Waals surface area contributed by atoms with Gasteiger partial charge in [0.15, 0.2) is 0 Å². The number of nitrogens with one attached hydrogen (secondary N) is 1. The Labute approximate surface area is 147 Å². The molecule has 1 aliphatic heterocycles. The minimum atomic E-state index is -0.746. The van der Waals surface area contributed by atoms with Crippen molar-refractivity contribution < 1.29 is 9.84 Å². The third kappa shape index (κ3) is 3.25. The van der Waals surface area contributed by atoms with Crippen molar-refractivity contribution in [2.75, 3.05) is 19.7 Å². The highest BCUT2D eigenvalue weighted by molar-refractivity contribution is 5.81. The van der Waals surface area contributed by atoms with Crippen LogP contribution in [0.25, 0.3) is 16.6 Å². The Kier molecular flexibility index (Phi) is 4.19. The number of rotatable bonds is 6. The molecule has 2 N–H and O–H groups in total. The molecule has 5 heteroatoms. The number of benzene rings is 2. The van der Waals surface area contributed by atoms with E-state index < -0.39 is 5.60 Å². The maximum absolute atomic E-state index is 10.1. The Morgan fingerprint density at radius 3 is 2.68 bits per heavy atom. The number of nitrogens with zero attached hydrogens (tertiary/aromatic N) is 2. The van der Waals surface area contributed by atoms with E-state index in [1.54, 1.807) is 0 Å². The summed E-state index contributed by atoms with van der Waals surface area (Å²) in [4.78, 5) is 0. The van der Waals surface area contributed by atoms with Gasteiger partial charge >= 0.3 is 0 Å². The predicted molar refractivity (Wildman–Crippen MR) is 98.4 cm³/mol. The van der Waals surface area contributed by atoms with Crippen molar-refractivity contribution in [1.29, 1.82) is 0 Å². The van der Waals surface area contributed by atoms with Gasteiger partial charge in [0.05, 0.1) is 17.4 Å². The summed E-state index contributed by atoms with van der Waals surface area (Å²) in [5, 5.41) is 18.8. The average Bonchev–Trinajstić information content (AvgIpc) is 3.02. The second kappa shape index (κ2) is 6.50. The number of hydrogen-bond donors (Lipinski definition) is 2. The summed E-state index contributed by atoms with van der Waals surface area (Å²) in [5.74, 6) is 0.747. The van der Waals surface area contributed by atoms with E-state index in [4.69, 9.17) is 4.74 Å². The van der Waals surface area contributed by atoms with Gasteiger partial charge in [-0.25, -0.2) is 4.68 Å². The molecule has 2 aromatic carbocycles. The fourth-order valence-corrected chi connectivity index (χ4v) is 3.12. The van der Waals surface area contributed by atoms with Crippen LogP contribution in [0.15, 0.2) is 48.7 Å². The number of β-amino-alcohol motifs (C(OH)–C–C–N with tert-alkyl or cyclic N) is 1. The number of aryl methyl sites for hydroxylation is 1. The van der Waals surface area contributed by atoms with Crippen LogP contribution in [0.3, 0.4) is 0 Å². The van der Waals surface area contributed by atoms with Gasteiger partial charge in [0, 0.05) is 24.5 Å².